The highest BCUT2D eigenvalue weighted by molar-refractivity contribution is 5.83. The first-order valence-corrected chi connectivity index (χ1v) is 11.3. The molecule has 0 radical (unpaired) electrons. The van der Waals surface area contributed by atoms with E-state index in [-0.39, 0.29) is 0 Å². The lowest BCUT2D eigenvalue weighted by molar-refractivity contribution is 0.128. The number of piperazine rings is 1. The lowest BCUT2D eigenvalue weighted by Gasteiger charge is -2.35. The molecule has 1 saturated heterocycles. The molecule has 1 fully saturated rings. The third-order valence-corrected chi connectivity index (χ3v) is 6.27. The molecule has 3 nitrogen and oxygen atoms in total. The topological polar surface area (TPSA) is 19.4 Å². The number of para-hydroxylation sites is 1. The molecule has 1 aromatic heterocycles. The van der Waals surface area contributed by atoms with Crippen LogP contribution in [0.3, 0.4) is 0 Å². The van der Waals surface area contributed by atoms with Crippen LogP contribution < -0.4 is 0 Å². The van der Waals surface area contributed by atoms with Crippen LogP contribution in [0, 0.1) is 0 Å². The summed E-state index contributed by atoms with van der Waals surface area (Å²) in [4.78, 5) is 10.2. The van der Waals surface area contributed by atoms with Gasteiger partial charge in [-0.3, -0.25) is 4.90 Å². The second kappa shape index (κ2) is 9.42. The summed E-state index contributed by atoms with van der Waals surface area (Å²) in [5, 5.41) is 1.22. The van der Waals surface area contributed by atoms with Gasteiger partial charge < -0.3 is 4.90 Å². The van der Waals surface area contributed by atoms with Gasteiger partial charge in [0.05, 0.1) is 11.2 Å². The zero-order valence-corrected chi connectivity index (χ0v) is 18.0. The van der Waals surface area contributed by atoms with Crippen molar-refractivity contribution in [1.82, 2.24) is 14.8 Å². The van der Waals surface area contributed by atoms with Gasteiger partial charge in [0, 0.05) is 50.2 Å². The van der Waals surface area contributed by atoms with Crippen LogP contribution in [0.25, 0.3) is 22.2 Å². The second-order valence-electron chi connectivity index (χ2n) is 8.41. The van der Waals surface area contributed by atoms with Crippen molar-refractivity contribution in [3.05, 3.63) is 102 Å². The first kappa shape index (κ1) is 19.9. The van der Waals surface area contributed by atoms with E-state index in [0.29, 0.717) is 0 Å². The summed E-state index contributed by atoms with van der Waals surface area (Å²) in [7, 11) is 0. The Morgan fingerprint density at radius 1 is 0.677 bits per heavy atom. The van der Waals surface area contributed by atoms with Crippen LogP contribution in [0.2, 0.25) is 0 Å². The van der Waals surface area contributed by atoms with Crippen molar-refractivity contribution in [2.45, 2.75) is 13.0 Å². The molecule has 0 bridgehead atoms. The Bertz CT molecular complexity index is 1120. The Kier molecular flexibility index (Phi) is 6.06. The van der Waals surface area contributed by atoms with Crippen molar-refractivity contribution in [2.75, 3.05) is 32.7 Å². The number of hydrogen-bond donors (Lipinski definition) is 0. The van der Waals surface area contributed by atoms with Crippen LogP contribution in [0.4, 0.5) is 0 Å². The fourth-order valence-corrected chi connectivity index (χ4v) is 4.47. The number of nitrogens with zero attached hydrogens (tertiary/aromatic N) is 3. The van der Waals surface area contributed by atoms with E-state index in [2.05, 4.69) is 101 Å². The molecule has 156 valence electrons. The molecule has 0 saturated carbocycles. The molecule has 2 heterocycles. The first-order valence-electron chi connectivity index (χ1n) is 11.3. The molecule has 0 atom stereocenters. The van der Waals surface area contributed by atoms with Crippen molar-refractivity contribution in [3.63, 3.8) is 0 Å². The van der Waals surface area contributed by atoms with Gasteiger partial charge in [-0.1, -0.05) is 78.9 Å². The molecule has 31 heavy (non-hydrogen) atoms. The number of pyridine rings is 1. The molecule has 3 heteroatoms. The average Bonchev–Trinajstić information content (AvgIpc) is 2.84. The van der Waals surface area contributed by atoms with E-state index < -0.39 is 0 Å². The molecular formula is C28H29N3. The molecule has 5 rings (SSSR count). The van der Waals surface area contributed by atoms with Crippen LogP contribution in [0.15, 0.2) is 91.0 Å². The molecule has 1 aliphatic rings. The summed E-state index contributed by atoms with van der Waals surface area (Å²) in [5.41, 5.74) is 6.13. The number of rotatable bonds is 6. The van der Waals surface area contributed by atoms with Crippen LogP contribution in [-0.2, 0) is 13.0 Å². The highest BCUT2D eigenvalue weighted by Gasteiger charge is 2.19. The summed E-state index contributed by atoms with van der Waals surface area (Å²) in [5.74, 6) is 0. The number of hydrogen-bond acceptors (Lipinski definition) is 3. The fourth-order valence-electron chi connectivity index (χ4n) is 4.47. The van der Waals surface area contributed by atoms with Gasteiger partial charge >= 0.3 is 0 Å². The van der Waals surface area contributed by atoms with E-state index in [1.54, 1.807) is 0 Å². The predicted molar refractivity (Wildman–Crippen MR) is 129 cm³/mol. The minimum atomic E-state index is 0.953. The Morgan fingerprint density at radius 3 is 2.10 bits per heavy atom. The molecule has 0 spiro atoms. The first-order chi connectivity index (χ1) is 15.3. The Balaban J connectivity index is 1.28. The maximum atomic E-state index is 5.05. The van der Waals surface area contributed by atoms with Gasteiger partial charge in [-0.05, 0) is 29.7 Å². The molecule has 0 N–H and O–H groups in total. The summed E-state index contributed by atoms with van der Waals surface area (Å²) in [6.45, 7) is 6.58. The third-order valence-electron chi connectivity index (χ3n) is 6.27. The average molecular weight is 408 g/mol. The van der Waals surface area contributed by atoms with Crippen LogP contribution >= 0.6 is 0 Å². The molecule has 1 aliphatic heterocycles. The van der Waals surface area contributed by atoms with E-state index in [0.717, 1.165) is 56.9 Å². The van der Waals surface area contributed by atoms with E-state index in [9.17, 15) is 0 Å². The molecule has 4 aromatic rings. The number of benzene rings is 3. The van der Waals surface area contributed by atoms with E-state index in [1.165, 1.54) is 22.1 Å². The van der Waals surface area contributed by atoms with Gasteiger partial charge in [0.25, 0.3) is 0 Å². The van der Waals surface area contributed by atoms with Crippen molar-refractivity contribution < 1.29 is 0 Å². The van der Waals surface area contributed by atoms with E-state index >= 15 is 0 Å². The van der Waals surface area contributed by atoms with Gasteiger partial charge in [0.2, 0.25) is 0 Å². The minimum Gasteiger partial charge on any atom is -0.300 e. The number of aromatic nitrogens is 1. The molecule has 3 aromatic carbocycles. The van der Waals surface area contributed by atoms with E-state index in [1.807, 2.05) is 0 Å². The zero-order chi connectivity index (χ0) is 20.9. The van der Waals surface area contributed by atoms with Crippen LogP contribution in [-0.4, -0.2) is 47.5 Å². The lowest BCUT2D eigenvalue weighted by atomic mass is 10.0. The maximum Gasteiger partial charge on any atom is 0.0754 e. The molecule has 0 unspecified atom stereocenters. The Labute approximate surface area is 185 Å². The predicted octanol–water partition coefficient (Wildman–Crippen LogP) is 5.26. The smallest absolute Gasteiger partial charge is 0.0754 e. The molecular weight excluding hydrogens is 378 g/mol. The van der Waals surface area contributed by atoms with Gasteiger partial charge in [-0.15, -0.1) is 0 Å². The highest BCUT2D eigenvalue weighted by Crippen LogP contribution is 2.27. The van der Waals surface area contributed by atoms with Crippen molar-refractivity contribution in [3.8, 4) is 11.3 Å². The van der Waals surface area contributed by atoms with Crippen LogP contribution in [0.5, 0.6) is 0 Å². The van der Waals surface area contributed by atoms with Crippen molar-refractivity contribution >= 4 is 10.9 Å². The van der Waals surface area contributed by atoms with Gasteiger partial charge in [0.1, 0.15) is 0 Å². The summed E-state index contributed by atoms with van der Waals surface area (Å²) in [6, 6.07) is 32.2. The van der Waals surface area contributed by atoms with Crippen molar-refractivity contribution in [1.29, 1.82) is 0 Å². The Hall–Kier alpha value is -3.01. The lowest BCUT2D eigenvalue weighted by Crippen LogP contribution is -2.46. The van der Waals surface area contributed by atoms with Crippen LogP contribution in [0.1, 0.15) is 11.1 Å². The standard InChI is InChI=1S/C28H29N3/c1-3-9-23(10-4-1)15-16-30-17-19-31(20-18-30)22-26-21-25-13-7-8-14-27(25)29-28(26)24-11-5-2-6-12-24/h1-14,21H,15-20,22H2. The third kappa shape index (κ3) is 4.84. The largest absolute Gasteiger partial charge is 0.300 e. The monoisotopic (exact) mass is 407 g/mol. The van der Waals surface area contributed by atoms with E-state index in [4.69, 9.17) is 4.98 Å². The Morgan fingerprint density at radius 2 is 1.32 bits per heavy atom. The van der Waals surface area contributed by atoms with Gasteiger partial charge in [-0.25, -0.2) is 4.98 Å². The summed E-state index contributed by atoms with van der Waals surface area (Å²) < 4.78 is 0. The van der Waals surface area contributed by atoms with Gasteiger partial charge in [0.15, 0.2) is 0 Å². The minimum absolute atomic E-state index is 0.953. The van der Waals surface area contributed by atoms with Gasteiger partial charge in [-0.2, -0.15) is 0 Å². The quantitative estimate of drug-likeness (QED) is 0.434. The molecule has 0 amide bonds. The summed E-state index contributed by atoms with van der Waals surface area (Å²) in [6.07, 6.45) is 1.13. The SMILES string of the molecule is c1ccc(CCN2CCN(Cc3cc4ccccc4nc3-c3ccccc3)CC2)cc1. The maximum absolute atomic E-state index is 5.05. The second-order valence-corrected chi connectivity index (χ2v) is 8.41. The van der Waals surface area contributed by atoms with Crippen molar-refractivity contribution in [2.24, 2.45) is 0 Å². The normalized spacial score (nSPS) is 15.4. The summed E-state index contributed by atoms with van der Waals surface area (Å²) >= 11 is 0. The number of fused-ring (bicyclic) bond motifs is 1. The highest BCUT2D eigenvalue weighted by atomic mass is 15.3. The zero-order valence-electron chi connectivity index (χ0n) is 18.0. The fraction of sp³-hybridized carbons (Fsp3) is 0.250. The molecule has 0 aliphatic carbocycles.